The van der Waals surface area contributed by atoms with Crippen LogP contribution in [0.3, 0.4) is 0 Å². The zero-order valence-electron chi connectivity index (χ0n) is 18.4. The molecule has 0 amide bonds. The molecule has 0 aliphatic carbocycles. The molecule has 0 aliphatic rings. The van der Waals surface area contributed by atoms with Gasteiger partial charge in [-0.15, -0.1) is 0 Å². The quantitative estimate of drug-likeness (QED) is 0.370. The topological polar surface area (TPSA) is 90.3 Å². The first-order valence-electron chi connectivity index (χ1n) is 10.5. The monoisotopic (exact) mass is 437 g/mol. The fourth-order valence-electron chi connectivity index (χ4n) is 3.56. The summed E-state index contributed by atoms with van der Waals surface area (Å²) in [5, 5.41) is 0. The molecule has 33 heavy (non-hydrogen) atoms. The molecule has 0 spiro atoms. The van der Waals surface area contributed by atoms with Gasteiger partial charge < -0.3 is 14.9 Å². The SMILES string of the molecule is CN(C)COc1cccc(-c2cnc(N)c(-c3nc4cccc(-c5ccccn5)c4o3)c2)c1. The smallest absolute Gasteiger partial charge is 0.231 e. The molecule has 7 heteroatoms. The fraction of sp³-hybridized carbons (Fsp3) is 0.115. The van der Waals surface area contributed by atoms with Crippen LogP contribution in [0.25, 0.3) is 44.9 Å². The first-order chi connectivity index (χ1) is 16.1. The van der Waals surface area contributed by atoms with Crippen LogP contribution in [0.5, 0.6) is 5.75 Å². The molecule has 0 unspecified atom stereocenters. The first kappa shape index (κ1) is 20.7. The number of pyridine rings is 2. The average molecular weight is 438 g/mol. The molecule has 3 heterocycles. The van der Waals surface area contributed by atoms with Crippen molar-refractivity contribution >= 4 is 16.9 Å². The van der Waals surface area contributed by atoms with E-state index < -0.39 is 0 Å². The Morgan fingerprint density at radius 3 is 2.61 bits per heavy atom. The molecule has 0 aliphatic heterocycles. The Bertz CT molecular complexity index is 1410. The molecular weight excluding hydrogens is 414 g/mol. The fourth-order valence-corrected chi connectivity index (χ4v) is 3.56. The molecule has 2 N–H and O–H groups in total. The van der Waals surface area contributed by atoms with Gasteiger partial charge in [-0.05, 0) is 62.1 Å². The minimum atomic E-state index is 0.352. The Morgan fingerprint density at radius 2 is 1.79 bits per heavy atom. The summed E-state index contributed by atoms with van der Waals surface area (Å²) in [6.07, 6.45) is 3.50. The molecule has 3 aromatic heterocycles. The van der Waals surface area contributed by atoms with Crippen LogP contribution < -0.4 is 10.5 Å². The first-order valence-corrected chi connectivity index (χ1v) is 10.5. The third-order valence-corrected chi connectivity index (χ3v) is 5.16. The number of nitrogens with two attached hydrogens (primary N) is 1. The van der Waals surface area contributed by atoms with Gasteiger partial charge in [0.05, 0.1) is 11.3 Å². The lowest BCUT2D eigenvalue weighted by molar-refractivity contribution is 0.179. The van der Waals surface area contributed by atoms with Gasteiger partial charge in [0.1, 0.15) is 23.8 Å². The second kappa shape index (κ2) is 8.72. The highest BCUT2D eigenvalue weighted by Crippen LogP contribution is 2.35. The van der Waals surface area contributed by atoms with Crippen molar-refractivity contribution in [2.24, 2.45) is 0 Å². The molecule has 0 fully saturated rings. The molecule has 0 atom stereocenters. The van der Waals surface area contributed by atoms with Crippen LogP contribution in [0.4, 0.5) is 5.82 Å². The van der Waals surface area contributed by atoms with Crippen molar-refractivity contribution in [3.63, 3.8) is 0 Å². The second-order valence-electron chi connectivity index (χ2n) is 7.93. The largest absolute Gasteiger partial charge is 0.478 e. The standard InChI is InChI=1S/C26H23N5O2/c1-31(2)16-32-19-8-5-7-17(13-19)18-14-21(25(27)29-15-18)26-30-23-11-6-9-20(24(23)33-26)22-10-3-4-12-28-22/h3-15H,16H2,1-2H3,(H2,27,29). The van der Waals surface area contributed by atoms with E-state index in [1.807, 2.05) is 85.7 Å². The van der Waals surface area contributed by atoms with Crippen molar-refractivity contribution in [2.45, 2.75) is 0 Å². The molecule has 0 bridgehead atoms. The minimum absolute atomic E-state index is 0.352. The predicted molar refractivity (Wildman–Crippen MR) is 130 cm³/mol. The third-order valence-electron chi connectivity index (χ3n) is 5.16. The van der Waals surface area contributed by atoms with E-state index in [9.17, 15) is 0 Å². The zero-order chi connectivity index (χ0) is 22.8. The van der Waals surface area contributed by atoms with Crippen LogP contribution in [0.15, 0.2) is 83.5 Å². The summed E-state index contributed by atoms with van der Waals surface area (Å²) in [5.41, 5.74) is 11.8. The second-order valence-corrected chi connectivity index (χ2v) is 7.93. The van der Waals surface area contributed by atoms with Gasteiger partial charge in [0.25, 0.3) is 0 Å². The molecule has 5 aromatic rings. The van der Waals surface area contributed by atoms with E-state index in [1.165, 1.54) is 0 Å². The lowest BCUT2D eigenvalue weighted by Crippen LogP contribution is -2.18. The number of benzene rings is 2. The van der Waals surface area contributed by atoms with E-state index >= 15 is 0 Å². The minimum Gasteiger partial charge on any atom is -0.478 e. The van der Waals surface area contributed by atoms with E-state index in [2.05, 4.69) is 15.0 Å². The Morgan fingerprint density at radius 1 is 0.909 bits per heavy atom. The number of fused-ring (bicyclic) bond motifs is 1. The van der Waals surface area contributed by atoms with Gasteiger partial charge in [0.2, 0.25) is 5.89 Å². The lowest BCUT2D eigenvalue weighted by atomic mass is 10.1. The predicted octanol–water partition coefficient (Wildman–Crippen LogP) is 5.10. The van der Waals surface area contributed by atoms with Crippen molar-refractivity contribution in [3.8, 4) is 39.6 Å². The van der Waals surface area contributed by atoms with Crippen LogP contribution in [0, 0.1) is 0 Å². The van der Waals surface area contributed by atoms with Gasteiger partial charge in [-0.3, -0.25) is 9.88 Å². The summed E-state index contributed by atoms with van der Waals surface area (Å²) in [6, 6.07) is 21.4. The van der Waals surface area contributed by atoms with Crippen molar-refractivity contribution in [1.29, 1.82) is 0 Å². The van der Waals surface area contributed by atoms with E-state index in [-0.39, 0.29) is 0 Å². The highest BCUT2D eigenvalue weighted by molar-refractivity contribution is 5.91. The Hall–Kier alpha value is -4.23. The summed E-state index contributed by atoms with van der Waals surface area (Å²) >= 11 is 0. The van der Waals surface area contributed by atoms with E-state index in [0.29, 0.717) is 29.6 Å². The normalized spacial score (nSPS) is 11.2. The van der Waals surface area contributed by atoms with Crippen LogP contribution in [-0.2, 0) is 0 Å². The summed E-state index contributed by atoms with van der Waals surface area (Å²) in [7, 11) is 3.92. The number of nitrogen functional groups attached to an aromatic ring is 1. The summed E-state index contributed by atoms with van der Waals surface area (Å²) in [6.45, 7) is 0.496. The number of ether oxygens (including phenoxy) is 1. The van der Waals surface area contributed by atoms with Crippen LogP contribution in [0.1, 0.15) is 0 Å². The summed E-state index contributed by atoms with van der Waals surface area (Å²) in [4.78, 5) is 15.5. The highest BCUT2D eigenvalue weighted by Gasteiger charge is 2.17. The molecule has 0 saturated carbocycles. The maximum Gasteiger partial charge on any atom is 0.231 e. The van der Waals surface area contributed by atoms with E-state index in [1.54, 1.807) is 12.4 Å². The molecule has 164 valence electrons. The van der Waals surface area contributed by atoms with Crippen LogP contribution >= 0.6 is 0 Å². The lowest BCUT2D eigenvalue weighted by Gasteiger charge is -2.13. The molecule has 7 nitrogen and oxygen atoms in total. The maximum atomic E-state index is 6.23. The number of anilines is 1. The molecule has 0 radical (unpaired) electrons. The number of nitrogens with zero attached hydrogens (tertiary/aromatic N) is 4. The van der Waals surface area contributed by atoms with Gasteiger partial charge in [-0.2, -0.15) is 0 Å². The number of para-hydroxylation sites is 1. The third kappa shape index (κ3) is 4.26. The number of hydrogen-bond donors (Lipinski definition) is 1. The van der Waals surface area contributed by atoms with Crippen molar-refractivity contribution < 1.29 is 9.15 Å². The van der Waals surface area contributed by atoms with Crippen LogP contribution in [0.2, 0.25) is 0 Å². The van der Waals surface area contributed by atoms with Crippen molar-refractivity contribution in [1.82, 2.24) is 19.9 Å². The van der Waals surface area contributed by atoms with Crippen LogP contribution in [-0.4, -0.2) is 40.7 Å². The number of rotatable bonds is 6. The van der Waals surface area contributed by atoms with Gasteiger partial charge in [-0.25, -0.2) is 9.97 Å². The zero-order valence-corrected chi connectivity index (χ0v) is 18.4. The summed E-state index contributed by atoms with van der Waals surface area (Å²) < 4.78 is 12.0. The highest BCUT2D eigenvalue weighted by atomic mass is 16.5. The molecular formula is C26H23N5O2. The average Bonchev–Trinajstić information content (AvgIpc) is 3.28. The van der Waals surface area contributed by atoms with Crippen molar-refractivity contribution in [2.75, 3.05) is 26.6 Å². The maximum absolute atomic E-state index is 6.23. The van der Waals surface area contributed by atoms with Gasteiger partial charge in [0.15, 0.2) is 5.58 Å². The summed E-state index contributed by atoms with van der Waals surface area (Å²) in [5.74, 6) is 1.55. The molecule has 0 saturated heterocycles. The Kier molecular flexibility index (Phi) is 5.46. The van der Waals surface area contributed by atoms with Crippen molar-refractivity contribution in [3.05, 3.63) is 79.1 Å². The van der Waals surface area contributed by atoms with E-state index in [4.69, 9.17) is 14.9 Å². The van der Waals surface area contributed by atoms with Gasteiger partial charge in [0, 0.05) is 23.5 Å². The Labute approximate surface area is 191 Å². The number of hydrogen-bond acceptors (Lipinski definition) is 7. The van der Waals surface area contributed by atoms with Gasteiger partial charge in [-0.1, -0.05) is 24.3 Å². The van der Waals surface area contributed by atoms with E-state index in [0.717, 1.165) is 33.7 Å². The number of oxazole rings is 1. The Balaban J connectivity index is 1.55. The van der Waals surface area contributed by atoms with Gasteiger partial charge >= 0.3 is 0 Å². The number of aromatic nitrogens is 3. The molecule has 2 aromatic carbocycles. The molecule has 5 rings (SSSR count).